The van der Waals surface area contributed by atoms with Gasteiger partial charge in [0.05, 0.1) is 5.03 Å². The Hall–Kier alpha value is -1.07. The largest absolute Gasteiger partial charge is 0.382 e. The van der Waals surface area contributed by atoms with E-state index in [9.17, 15) is 0 Å². The van der Waals surface area contributed by atoms with Crippen molar-refractivity contribution < 1.29 is 4.74 Å². The number of nitrogens with two attached hydrogens (primary N) is 1. The second-order valence-corrected chi connectivity index (χ2v) is 5.02. The zero-order valence-electron chi connectivity index (χ0n) is 8.98. The number of thioether (sulfide) groups is 1. The number of nitrogens with zero attached hydrogens (tertiary/aromatic N) is 1. The summed E-state index contributed by atoms with van der Waals surface area (Å²) in [6.45, 7) is 1.67. The van der Waals surface area contributed by atoms with E-state index in [1.807, 2.05) is 12.1 Å². The quantitative estimate of drug-likeness (QED) is 0.619. The highest BCUT2D eigenvalue weighted by molar-refractivity contribution is 7.99. The van der Waals surface area contributed by atoms with E-state index >= 15 is 0 Å². The molecule has 0 saturated carbocycles. The summed E-state index contributed by atoms with van der Waals surface area (Å²) in [5.74, 6) is 0.0226. The molecule has 0 unspecified atom stereocenters. The van der Waals surface area contributed by atoms with Crippen LogP contribution in [0.25, 0.3) is 0 Å². The molecule has 0 bridgehead atoms. The van der Waals surface area contributed by atoms with Crippen LogP contribution in [0.4, 0.5) is 0 Å². The lowest BCUT2D eigenvalue weighted by Crippen LogP contribution is -2.18. The van der Waals surface area contributed by atoms with Crippen LogP contribution in [-0.2, 0) is 4.74 Å². The maximum Gasteiger partial charge on any atom is 0.141 e. The van der Waals surface area contributed by atoms with Crippen molar-refractivity contribution in [2.24, 2.45) is 5.73 Å². The Bertz CT molecular complexity index is 377. The van der Waals surface area contributed by atoms with Crippen LogP contribution in [0.1, 0.15) is 18.5 Å². The fraction of sp³-hybridized carbons (Fsp3) is 0.455. The van der Waals surface area contributed by atoms with E-state index in [1.54, 1.807) is 17.8 Å². The molecular weight excluding hydrogens is 222 g/mol. The standard InChI is InChI=1S/C11H15N3OS/c12-11(13)9-2-1-3-10(14-9)16-8-4-6-15-7-5-8/h1-3,8H,4-7H2,(H3,12,13). The van der Waals surface area contributed by atoms with Crippen molar-refractivity contribution in [3.05, 3.63) is 23.9 Å². The molecule has 2 rings (SSSR count). The molecule has 1 aromatic rings. The Kier molecular flexibility index (Phi) is 3.79. The van der Waals surface area contributed by atoms with Crippen molar-refractivity contribution in [2.45, 2.75) is 23.1 Å². The summed E-state index contributed by atoms with van der Waals surface area (Å²) in [7, 11) is 0. The third kappa shape index (κ3) is 2.96. The molecular formula is C11H15N3OS. The minimum absolute atomic E-state index is 0.0226. The number of amidine groups is 1. The van der Waals surface area contributed by atoms with Gasteiger partial charge in [0.15, 0.2) is 0 Å². The van der Waals surface area contributed by atoms with Crippen molar-refractivity contribution in [1.82, 2.24) is 4.98 Å². The van der Waals surface area contributed by atoms with Crippen LogP contribution in [0.3, 0.4) is 0 Å². The maximum absolute atomic E-state index is 7.34. The van der Waals surface area contributed by atoms with Crippen LogP contribution in [0.15, 0.2) is 23.2 Å². The molecule has 3 N–H and O–H groups in total. The number of pyridine rings is 1. The first kappa shape index (κ1) is 11.4. The first-order valence-electron chi connectivity index (χ1n) is 5.31. The van der Waals surface area contributed by atoms with Gasteiger partial charge in [-0.3, -0.25) is 5.41 Å². The number of hydrogen-bond donors (Lipinski definition) is 2. The molecule has 0 atom stereocenters. The fourth-order valence-corrected chi connectivity index (χ4v) is 2.67. The molecule has 0 spiro atoms. The molecule has 1 aliphatic heterocycles. The predicted molar refractivity (Wildman–Crippen MR) is 65.0 cm³/mol. The van der Waals surface area contributed by atoms with Gasteiger partial charge in [0.2, 0.25) is 0 Å². The van der Waals surface area contributed by atoms with Crippen LogP contribution in [0, 0.1) is 5.41 Å². The fourth-order valence-electron chi connectivity index (χ4n) is 1.60. The van der Waals surface area contributed by atoms with Crippen LogP contribution in [-0.4, -0.2) is 29.3 Å². The van der Waals surface area contributed by atoms with Crippen molar-refractivity contribution in [3.8, 4) is 0 Å². The molecule has 0 aliphatic carbocycles. The third-order valence-electron chi connectivity index (χ3n) is 2.46. The Morgan fingerprint density at radius 1 is 1.44 bits per heavy atom. The highest BCUT2D eigenvalue weighted by atomic mass is 32.2. The van der Waals surface area contributed by atoms with E-state index in [0.717, 1.165) is 31.1 Å². The summed E-state index contributed by atoms with van der Waals surface area (Å²) in [6, 6.07) is 5.62. The summed E-state index contributed by atoms with van der Waals surface area (Å²) >= 11 is 1.75. The molecule has 1 fully saturated rings. The first-order chi connectivity index (χ1) is 7.75. The molecule has 4 nitrogen and oxygen atoms in total. The lowest BCUT2D eigenvalue weighted by Gasteiger charge is -2.20. The topological polar surface area (TPSA) is 72.0 Å². The van der Waals surface area contributed by atoms with Gasteiger partial charge in [0.1, 0.15) is 11.5 Å². The van der Waals surface area contributed by atoms with Gasteiger partial charge in [-0.2, -0.15) is 0 Å². The summed E-state index contributed by atoms with van der Waals surface area (Å²) in [5.41, 5.74) is 5.96. The highest BCUT2D eigenvalue weighted by Gasteiger charge is 2.15. The van der Waals surface area contributed by atoms with E-state index in [4.69, 9.17) is 15.9 Å². The maximum atomic E-state index is 7.34. The summed E-state index contributed by atoms with van der Waals surface area (Å²) in [6.07, 6.45) is 2.13. The van der Waals surface area contributed by atoms with Crippen LogP contribution in [0.2, 0.25) is 0 Å². The van der Waals surface area contributed by atoms with Gasteiger partial charge in [-0.25, -0.2) is 4.98 Å². The minimum atomic E-state index is 0.0226. The molecule has 1 saturated heterocycles. The van der Waals surface area contributed by atoms with E-state index < -0.39 is 0 Å². The van der Waals surface area contributed by atoms with Gasteiger partial charge in [-0.05, 0) is 25.0 Å². The zero-order chi connectivity index (χ0) is 11.4. The van der Waals surface area contributed by atoms with Gasteiger partial charge >= 0.3 is 0 Å². The number of rotatable bonds is 3. The number of hydrogen-bond acceptors (Lipinski definition) is 4. The van der Waals surface area contributed by atoms with E-state index in [1.165, 1.54) is 0 Å². The number of nitrogen functional groups attached to an aromatic ring is 1. The average molecular weight is 237 g/mol. The Morgan fingerprint density at radius 3 is 2.88 bits per heavy atom. The molecule has 86 valence electrons. The zero-order valence-corrected chi connectivity index (χ0v) is 9.80. The monoisotopic (exact) mass is 237 g/mol. The smallest absolute Gasteiger partial charge is 0.141 e. The van der Waals surface area contributed by atoms with E-state index in [-0.39, 0.29) is 5.84 Å². The SMILES string of the molecule is N=C(N)c1cccc(SC2CCOCC2)n1. The normalized spacial score (nSPS) is 17.2. The van der Waals surface area contributed by atoms with Gasteiger partial charge < -0.3 is 10.5 Å². The number of aromatic nitrogens is 1. The van der Waals surface area contributed by atoms with E-state index in [2.05, 4.69) is 4.98 Å². The molecule has 0 amide bonds. The van der Waals surface area contributed by atoms with Crippen molar-refractivity contribution in [2.75, 3.05) is 13.2 Å². The molecule has 5 heteroatoms. The Morgan fingerprint density at radius 2 is 2.19 bits per heavy atom. The molecule has 1 aromatic heterocycles. The lowest BCUT2D eigenvalue weighted by molar-refractivity contribution is 0.1000. The molecule has 16 heavy (non-hydrogen) atoms. The van der Waals surface area contributed by atoms with Gasteiger partial charge in [0.25, 0.3) is 0 Å². The average Bonchev–Trinajstić information content (AvgIpc) is 2.30. The first-order valence-corrected chi connectivity index (χ1v) is 6.19. The number of ether oxygens (including phenoxy) is 1. The summed E-state index contributed by atoms with van der Waals surface area (Å²) in [5, 5.41) is 8.85. The van der Waals surface area contributed by atoms with E-state index in [0.29, 0.717) is 10.9 Å². The van der Waals surface area contributed by atoms with Gasteiger partial charge in [0, 0.05) is 18.5 Å². The second kappa shape index (κ2) is 5.32. The lowest BCUT2D eigenvalue weighted by atomic mass is 10.2. The predicted octanol–water partition coefficient (Wildman–Crippen LogP) is 1.64. The minimum Gasteiger partial charge on any atom is -0.382 e. The third-order valence-corrected chi connectivity index (χ3v) is 3.73. The van der Waals surface area contributed by atoms with Gasteiger partial charge in [-0.15, -0.1) is 11.8 Å². The van der Waals surface area contributed by atoms with Crippen LogP contribution < -0.4 is 5.73 Å². The summed E-state index contributed by atoms with van der Waals surface area (Å²) in [4.78, 5) is 4.34. The molecule has 0 radical (unpaired) electrons. The van der Waals surface area contributed by atoms with Crippen LogP contribution in [0.5, 0.6) is 0 Å². The number of nitrogens with one attached hydrogen (secondary N) is 1. The Balaban J connectivity index is 2.02. The highest BCUT2D eigenvalue weighted by Crippen LogP contribution is 2.28. The molecule has 2 heterocycles. The Labute approximate surface area is 99.1 Å². The van der Waals surface area contributed by atoms with Crippen molar-refractivity contribution in [3.63, 3.8) is 0 Å². The second-order valence-electron chi connectivity index (χ2n) is 3.70. The van der Waals surface area contributed by atoms with Crippen molar-refractivity contribution >= 4 is 17.6 Å². The summed E-state index contributed by atoms with van der Waals surface area (Å²) < 4.78 is 5.31. The van der Waals surface area contributed by atoms with Gasteiger partial charge in [-0.1, -0.05) is 6.07 Å². The van der Waals surface area contributed by atoms with Crippen molar-refractivity contribution in [1.29, 1.82) is 5.41 Å². The molecule has 1 aliphatic rings. The van der Waals surface area contributed by atoms with Crippen LogP contribution >= 0.6 is 11.8 Å². The molecule has 0 aromatic carbocycles.